The van der Waals surface area contributed by atoms with E-state index in [0.717, 1.165) is 32.1 Å². The number of rotatable bonds is 6. The van der Waals surface area contributed by atoms with Crippen molar-refractivity contribution in [2.75, 3.05) is 0 Å². The molecule has 1 fully saturated rings. The van der Waals surface area contributed by atoms with Crippen LogP contribution in [-0.2, 0) is 9.53 Å². The molecule has 1 saturated carbocycles. The molecule has 92 valence electrons. The van der Waals surface area contributed by atoms with Crippen molar-refractivity contribution in [3.05, 3.63) is 12.7 Å². The maximum Gasteiger partial charge on any atom is 0.306 e. The topological polar surface area (TPSA) is 26.3 Å². The van der Waals surface area contributed by atoms with E-state index in [1.54, 1.807) is 0 Å². The van der Waals surface area contributed by atoms with E-state index >= 15 is 0 Å². The quantitative estimate of drug-likeness (QED) is 0.503. The third kappa shape index (κ3) is 3.99. The number of hydrogen-bond acceptors (Lipinski definition) is 2. The minimum atomic E-state index is -0.217. The van der Waals surface area contributed by atoms with Gasteiger partial charge in [0.1, 0.15) is 5.60 Å². The van der Waals surface area contributed by atoms with Crippen LogP contribution in [-0.4, -0.2) is 11.6 Å². The maximum atomic E-state index is 11.7. The molecular formula is C14H24O2. The van der Waals surface area contributed by atoms with E-state index in [-0.39, 0.29) is 11.6 Å². The van der Waals surface area contributed by atoms with Gasteiger partial charge in [-0.1, -0.05) is 25.8 Å². The van der Waals surface area contributed by atoms with E-state index in [0.29, 0.717) is 6.42 Å². The van der Waals surface area contributed by atoms with Gasteiger partial charge in [-0.05, 0) is 32.1 Å². The first-order chi connectivity index (χ1) is 7.72. The van der Waals surface area contributed by atoms with Gasteiger partial charge in [0.2, 0.25) is 0 Å². The van der Waals surface area contributed by atoms with E-state index in [4.69, 9.17) is 4.74 Å². The summed E-state index contributed by atoms with van der Waals surface area (Å²) in [5.74, 6) is -0.0226. The molecule has 2 nitrogen and oxygen atoms in total. The summed E-state index contributed by atoms with van der Waals surface area (Å²) in [6.45, 7) is 5.87. The lowest BCUT2D eigenvalue weighted by Crippen LogP contribution is -2.36. The molecule has 16 heavy (non-hydrogen) atoms. The predicted octanol–water partition coefficient (Wildman–Crippen LogP) is 4.00. The summed E-state index contributed by atoms with van der Waals surface area (Å²) in [7, 11) is 0. The average Bonchev–Trinajstić information content (AvgIpc) is 2.28. The summed E-state index contributed by atoms with van der Waals surface area (Å²) in [6.07, 6.45) is 10.9. The molecule has 0 aromatic rings. The van der Waals surface area contributed by atoms with Crippen molar-refractivity contribution < 1.29 is 9.53 Å². The second-order valence-electron chi connectivity index (χ2n) is 4.81. The summed E-state index contributed by atoms with van der Waals surface area (Å²) < 4.78 is 5.71. The zero-order chi connectivity index (χ0) is 11.9. The van der Waals surface area contributed by atoms with Crippen LogP contribution in [0.25, 0.3) is 0 Å². The van der Waals surface area contributed by atoms with Crippen molar-refractivity contribution in [2.24, 2.45) is 0 Å². The van der Waals surface area contributed by atoms with Crippen LogP contribution in [0.2, 0.25) is 0 Å². The molecule has 2 heteroatoms. The highest BCUT2D eigenvalue weighted by atomic mass is 16.6. The second-order valence-corrected chi connectivity index (χ2v) is 4.81. The number of carbonyl (C=O) groups is 1. The van der Waals surface area contributed by atoms with Crippen LogP contribution in [0.5, 0.6) is 0 Å². The first-order valence-electron chi connectivity index (χ1n) is 6.55. The molecule has 0 unspecified atom stereocenters. The Labute approximate surface area is 99.1 Å². The Morgan fingerprint density at radius 1 is 1.38 bits per heavy atom. The third-order valence-corrected chi connectivity index (χ3v) is 3.35. The molecule has 0 aliphatic heterocycles. The molecule has 0 heterocycles. The van der Waals surface area contributed by atoms with Crippen molar-refractivity contribution in [3.8, 4) is 0 Å². The summed E-state index contributed by atoms with van der Waals surface area (Å²) in [5, 5.41) is 0. The van der Waals surface area contributed by atoms with Crippen LogP contribution >= 0.6 is 0 Å². The third-order valence-electron chi connectivity index (χ3n) is 3.35. The fourth-order valence-corrected chi connectivity index (χ4v) is 2.42. The first-order valence-corrected chi connectivity index (χ1v) is 6.55. The maximum absolute atomic E-state index is 11.7. The Morgan fingerprint density at radius 2 is 2.06 bits per heavy atom. The van der Waals surface area contributed by atoms with E-state index in [9.17, 15) is 4.79 Å². The van der Waals surface area contributed by atoms with Gasteiger partial charge >= 0.3 is 5.97 Å². The molecule has 0 aromatic heterocycles. The van der Waals surface area contributed by atoms with Gasteiger partial charge < -0.3 is 4.74 Å². The van der Waals surface area contributed by atoms with E-state index in [1.807, 2.05) is 6.08 Å². The second kappa shape index (κ2) is 6.72. The molecular weight excluding hydrogens is 200 g/mol. The van der Waals surface area contributed by atoms with Gasteiger partial charge in [0, 0.05) is 12.8 Å². The molecule has 1 aliphatic rings. The van der Waals surface area contributed by atoms with Crippen molar-refractivity contribution in [2.45, 2.75) is 70.3 Å². The lowest BCUT2D eigenvalue weighted by atomic mass is 9.82. The highest BCUT2D eigenvalue weighted by Gasteiger charge is 2.34. The molecule has 1 rings (SSSR count). The minimum Gasteiger partial charge on any atom is -0.459 e. The van der Waals surface area contributed by atoms with Gasteiger partial charge in [0.05, 0.1) is 0 Å². The number of unbranched alkanes of at least 4 members (excludes halogenated alkanes) is 1. The Hall–Kier alpha value is -0.790. The van der Waals surface area contributed by atoms with Crippen LogP contribution < -0.4 is 0 Å². The number of ether oxygens (including phenoxy) is 1. The zero-order valence-corrected chi connectivity index (χ0v) is 10.5. The van der Waals surface area contributed by atoms with Crippen molar-refractivity contribution in [1.29, 1.82) is 0 Å². The Kier molecular flexibility index (Phi) is 5.58. The molecule has 0 saturated heterocycles. The van der Waals surface area contributed by atoms with Crippen molar-refractivity contribution >= 4 is 5.97 Å². The number of carbonyl (C=O) groups excluding carboxylic acids is 1. The van der Waals surface area contributed by atoms with Gasteiger partial charge in [-0.2, -0.15) is 0 Å². The molecule has 0 amide bonds. The fourth-order valence-electron chi connectivity index (χ4n) is 2.42. The summed E-state index contributed by atoms with van der Waals surface area (Å²) >= 11 is 0. The van der Waals surface area contributed by atoms with Gasteiger partial charge in [-0.15, -0.1) is 6.58 Å². The Morgan fingerprint density at radius 3 is 2.62 bits per heavy atom. The lowest BCUT2D eigenvalue weighted by Gasteiger charge is -2.36. The normalized spacial score (nSPS) is 19.1. The lowest BCUT2D eigenvalue weighted by molar-refractivity contribution is -0.163. The van der Waals surface area contributed by atoms with Gasteiger partial charge in [-0.25, -0.2) is 0 Å². The van der Waals surface area contributed by atoms with E-state index in [2.05, 4.69) is 13.5 Å². The van der Waals surface area contributed by atoms with Crippen LogP contribution in [0.15, 0.2) is 12.7 Å². The highest BCUT2D eigenvalue weighted by molar-refractivity contribution is 5.69. The van der Waals surface area contributed by atoms with Gasteiger partial charge in [-0.3, -0.25) is 4.79 Å². The molecule has 0 atom stereocenters. The van der Waals surface area contributed by atoms with Gasteiger partial charge in [0.25, 0.3) is 0 Å². The van der Waals surface area contributed by atoms with Crippen LogP contribution in [0, 0.1) is 0 Å². The largest absolute Gasteiger partial charge is 0.459 e. The average molecular weight is 224 g/mol. The Balaban J connectivity index is 2.49. The molecule has 0 spiro atoms. The highest BCUT2D eigenvalue weighted by Crippen LogP contribution is 2.35. The summed E-state index contributed by atoms with van der Waals surface area (Å²) in [6, 6.07) is 0. The van der Waals surface area contributed by atoms with Crippen LogP contribution in [0.4, 0.5) is 0 Å². The Bertz CT molecular complexity index is 227. The van der Waals surface area contributed by atoms with Gasteiger partial charge in [0.15, 0.2) is 0 Å². The molecule has 0 bridgehead atoms. The predicted molar refractivity (Wildman–Crippen MR) is 66.2 cm³/mol. The fraction of sp³-hybridized carbons (Fsp3) is 0.786. The molecule has 0 radical (unpaired) electrons. The van der Waals surface area contributed by atoms with Crippen molar-refractivity contribution in [3.63, 3.8) is 0 Å². The van der Waals surface area contributed by atoms with E-state index < -0.39 is 0 Å². The minimum absolute atomic E-state index is 0.0226. The first kappa shape index (κ1) is 13.3. The summed E-state index contributed by atoms with van der Waals surface area (Å²) in [4.78, 5) is 11.7. The van der Waals surface area contributed by atoms with Crippen LogP contribution in [0.1, 0.15) is 64.7 Å². The number of esters is 1. The SMILES string of the molecule is C=CCC1(OC(=O)CCCC)CCCCC1. The standard InChI is InChI=1S/C14H24O2/c1-3-5-9-13(15)16-14(10-4-2)11-7-6-8-12-14/h4H,2-3,5-12H2,1H3. The summed E-state index contributed by atoms with van der Waals surface area (Å²) in [5.41, 5.74) is -0.217. The molecule has 0 aromatic carbocycles. The molecule has 0 N–H and O–H groups in total. The zero-order valence-electron chi connectivity index (χ0n) is 10.5. The van der Waals surface area contributed by atoms with E-state index in [1.165, 1.54) is 19.3 Å². The van der Waals surface area contributed by atoms with Crippen molar-refractivity contribution in [1.82, 2.24) is 0 Å². The smallest absolute Gasteiger partial charge is 0.306 e. The monoisotopic (exact) mass is 224 g/mol. The van der Waals surface area contributed by atoms with Crippen LogP contribution in [0.3, 0.4) is 0 Å². The molecule has 1 aliphatic carbocycles. The number of hydrogen-bond donors (Lipinski definition) is 0.